The molecule has 0 bridgehead atoms. The fourth-order valence-electron chi connectivity index (χ4n) is 2.11. The van der Waals surface area contributed by atoms with Gasteiger partial charge in [0, 0.05) is 19.7 Å². The average molecular weight is 302 g/mol. The number of aromatic nitrogens is 2. The summed E-state index contributed by atoms with van der Waals surface area (Å²) in [5.74, 6) is 0.682. The molecule has 22 heavy (non-hydrogen) atoms. The molecule has 2 rings (SSSR count). The maximum Gasteiger partial charge on any atom is 0.320 e. The predicted molar refractivity (Wildman–Crippen MR) is 85.7 cm³/mol. The lowest BCUT2D eigenvalue weighted by Crippen LogP contribution is -2.31. The smallest absolute Gasteiger partial charge is 0.320 e. The number of urea groups is 1. The van der Waals surface area contributed by atoms with Crippen molar-refractivity contribution in [2.75, 3.05) is 11.9 Å². The lowest BCUT2D eigenvalue weighted by atomic mass is 10.1. The van der Waals surface area contributed by atoms with Gasteiger partial charge in [-0.3, -0.25) is 10.00 Å². The Kier molecular flexibility index (Phi) is 5.55. The number of benzene rings is 1. The van der Waals surface area contributed by atoms with Gasteiger partial charge in [0.1, 0.15) is 5.82 Å². The Morgan fingerprint density at radius 1 is 1.27 bits per heavy atom. The third-order valence-corrected chi connectivity index (χ3v) is 3.44. The molecule has 118 valence electrons. The van der Waals surface area contributed by atoms with Crippen LogP contribution in [-0.2, 0) is 26.5 Å². The maximum atomic E-state index is 11.9. The van der Waals surface area contributed by atoms with Crippen molar-refractivity contribution in [1.29, 1.82) is 0 Å². The minimum Gasteiger partial charge on any atom is -0.392 e. The molecule has 0 unspecified atom stereocenters. The van der Waals surface area contributed by atoms with Gasteiger partial charge in [-0.05, 0) is 24.0 Å². The number of hydrogen-bond donors (Lipinski definition) is 3. The second kappa shape index (κ2) is 7.61. The lowest BCUT2D eigenvalue weighted by Gasteiger charge is -2.08. The van der Waals surface area contributed by atoms with Crippen LogP contribution in [0.15, 0.2) is 30.3 Å². The summed E-state index contributed by atoms with van der Waals surface area (Å²) in [5, 5.41) is 18.9. The number of anilines is 1. The molecule has 0 atom stereocenters. The molecule has 0 radical (unpaired) electrons. The van der Waals surface area contributed by atoms with Gasteiger partial charge >= 0.3 is 6.03 Å². The number of nitrogens with zero attached hydrogens (tertiary/aromatic N) is 2. The Bertz CT molecular complexity index is 620. The van der Waals surface area contributed by atoms with E-state index in [1.54, 1.807) is 11.7 Å². The normalized spacial score (nSPS) is 10.5. The highest BCUT2D eigenvalue weighted by Gasteiger charge is 2.07. The Hall–Kier alpha value is -2.34. The van der Waals surface area contributed by atoms with Crippen molar-refractivity contribution in [3.8, 4) is 0 Å². The first-order chi connectivity index (χ1) is 10.6. The summed E-state index contributed by atoms with van der Waals surface area (Å²) in [4.78, 5) is 11.9. The summed E-state index contributed by atoms with van der Waals surface area (Å²) in [6.45, 7) is 2.61. The number of aryl methyl sites for hydroxylation is 2. The van der Waals surface area contributed by atoms with Gasteiger partial charge in [0.25, 0.3) is 0 Å². The molecular formula is C16H22N4O2. The van der Waals surface area contributed by atoms with Crippen molar-refractivity contribution in [2.45, 2.75) is 26.4 Å². The second-order valence-electron chi connectivity index (χ2n) is 5.10. The van der Waals surface area contributed by atoms with Crippen LogP contribution in [0.5, 0.6) is 0 Å². The maximum absolute atomic E-state index is 11.9. The molecule has 6 heteroatoms. The monoisotopic (exact) mass is 302 g/mol. The van der Waals surface area contributed by atoms with Crippen molar-refractivity contribution in [1.82, 2.24) is 15.1 Å². The van der Waals surface area contributed by atoms with E-state index in [1.807, 2.05) is 37.3 Å². The zero-order valence-electron chi connectivity index (χ0n) is 13.0. The summed E-state index contributed by atoms with van der Waals surface area (Å²) in [7, 11) is 1.80. The van der Waals surface area contributed by atoms with Crippen LogP contribution in [-0.4, -0.2) is 27.5 Å². The van der Waals surface area contributed by atoms with Crippen molar-refractivity contribution in [2.24, 2.45) is 7.05 Å². The number of rotatable bonds is 6. The first kappa shape index (κ1) is 16.0. The first-order valence-electron chi connectivity index (χ1n) is 7.38. The fraction of sp³-hybridized carbons (Fsp3) is 0.375. The quantitative estimate of drug-likeness (QED) is 0.762. The first-order valence-corrected chi connectivity index (χ1v) is 7.38. The average Bonchev–Trinajstić information content (AvgIpc) is 2.88. The summed E-state index contributed by atoms with van der Waals surface area (Å²) in [6, 6.07) is 9.32. The Labute approximate surface area is 130 Å². The van der Waals surface area contributed by atoms with Gasteiger partial charge < -0.3 is 10.4 Å². The molecule has 6 nitrogen and oxygen atoms in total. The molecule has 0 aliphatic carbocycles. The molecule has 0 aliphatic rings. The summed E-state index contributed by atoms with van der Waals surface area (Å²) >= 11 is 0. The third-order valence-electron chi connectivity index (χ3n) is 3.44. The lowest BCUT2D eigenvalue weighted by molar-refractivity contribution is 0.252. The van der Waals surface area contributed by atoms with Gasteiger partial charge in [-0.2, -0.15) is 5.10 Å². The fourth-order valence-corrected chi connectivity index (χ4v) is 2.11. The molecule has 1 aromatic heterocycles. The highest BCUT2D eigenvalue weighted by molar-refractivity contribution is 5.88. The second-order valence-corrected chi connectivity index (χ2v) is 5.10. The Morgan fingerprint density at radius 3 is 2.55 bits per heavy atom. The van der Waals surface area contributed by atoms with Gasteiger partial charge in [0.05, 0.1) is 12.3 Å². The standard InChI is InChI=1S/C16H22N4O2/c1-3-14-10-15(20(2)19-14)18-16(22)17-9-8-12-4-6-13(11-21)7-5-12/h4-7,10,21H,3,8-9,11H2,1-2H3,(H2,17,18,22). The van der Waals surface area contributed by atoms with E-state index in [-0.39, 0.29) is 12.6 Å². The Balaban J connectivity index is 1.78. The van der Waals surface area contributed by atoms with E-state index >= 15 is 0 Å². The van der Waals surface area contributed by atoms with E-state index < -0.39 is 0 Å². The highest BCUT2D eigenvalue weighted by atomic mass is 16.3. The third kappa shape index (κ3) is 4.33. The Morgan fingerprint density at radius 2 is 1.95 bits per heavy atom. The minimum atomic E-state index is -0.238. The molecule has 2 aromatic rings. The van der Waals surface area contributed by atoms with Gasteiger partial charge in [-0.25, -0.2) is 4.79 Å². The highest BCUT2D eigenvalue weighted by Crippen LogP contribution is 2.09. The number of aliphatic hydroxyl groups is 1. The van der Waals surface area contributed by atoms with Crippen molar-refractivity contribution >= 4 is 11.8 Å². The number of hydrogen-bond acceptors (Lipinski definition) is 3. The van der Waals surface area contributed by atoms with Gasteiger partial charge in [-0.15, -0.1) is 0 Å². The van der Waals surface area contributed by atoms with Crippen LogP contribution < -0.4 is 10.6 Å². The van der Waals surface area contributed by atoms with E-state index in [0.717, 1.165) is 29.7 Å². The van der Waals surface area contributed by atoms with Crippen LogP contribution in [0.1, 0.15) is 23.7 Å². The minimum absolute atomic E-state index is 0.0470. The van der Waals surface area contributed by atoms with Gasteiger partial charge in [0.15, 0.2) is 0 Å². The summed E-state index contributed by atoms with van der Waals surface area (Å²) < 4.78 is 1.66. The number of amides is 2. The zero-order chi connectivity index (χ0) is 15.9. The van der Waals surface area contributed by atoms with E-state index in [2.05, 4.69) is 15.7 Å². The van der Waals surface area contributed by atoms with Crippen LogP contribution >= 0.6 is 0 Å². The molecule has 1 aromatic carbocycles. The molecule has 2 amide bonds. The van der Waals surface area contributed by atoms with Crippen LogP contribution in [0, 0.1) is 0 Å². The molecular weight excluding hydrogens is 280 g/mol. The van der Waals surface area contributed by atoms with E-state index in [4.69, 9.17) is 5.11 Å². The van der Waals surface area contributed by atoms with Crippen LogP contribution in [0.25, 0.3) is 0 Å². The van der Waals surface area contributed by atoms with E-state index in [9.17, 15) is 4.79 Å². The van der Waals surface area contributed by atoms with Crippen molar-refractivity contribution < 1.29 is 9.90 Å². The molecule has 3 N–H and O–H groups in total. The van der Waals surface area contributed by atoms with Crippen LogP contribution in [0.4, 0.5) is 10.6 Å². The largest absolute Gasteiger partial charge is 0.392 e. The summed E-state index contributed by atoms with van der Waals surface area (Å²) in [6.07, 6.45) is 1.58. The van der Waals surface area contributed by atoms with Crippen molar-refractivity contribution in [3.63, 3.8) is 0 Å². The van der Waals surface area contributed by atoms with Crippen molar-refractivity contribution in [3.05, 3.63) is 47.2 Å². The molecule has 0 fully saturated rings. The number of nitrogens with one attached hydrogen (secondary N) is 2. The molecule has 0 saturated heterocycles. The molecule has 0 aliphatic heterocycles. The van der Waals surface area contributed by atoms with Crippen LogP contribution in [0.3, 0.4) is 0 Å². The van der Waals surface area contributed by atoms with E-state index in [1.165, 1.54) is 0 Å². The number of aliphatic hydroxyl groups excluding tert-OH is 1. The van der Waals surface area contributed by atoms with Crippen LogP contribution in [0.2, 0.25) is 0 Å². The topological polar surface area (TPSA) is 79.2 Å². The predicted octanol–water partition coefficient (Wildman–Crippen LogP) is 1.84. The SMILES string of the molecule is CCc1cc(NC(=O)NCCc2ccc(CO)cc2)n(C)n1. The van der Waals surface area contributed by atoms with Gasteiger partial charge in [-0.1, -0.05) is 31.2 Å². The summed E-state index contributed by atoms with van der Waals surface area (Å²) in [5.41, 5.74) is 2.95. The van der Waals surface area contributed by atoms with Gasteiger partial charge in [0.2, 0.25) is 0 Å². The molecule has 0 saturated carbocycles. The zero-order valence-corrected chi connectivity index (χ0v) is 13.0. The molecule has 1 heterocycles. The number of carbonyl (C=O) groups is 1. The number of carbonyl (C=O) groups excluding carboxylic acids is 1. The molecule has 0 spiro atoms. The van der Waals surface area contributed by atoms with E-state index in [0.29, 0.717) is 12.4 Å².